The highest BCUT2D eigenvalue weighted by atomic mass is 19.1. The molecule has 3 nitrogen and oxygen atoms in total. The van der Waals surface area contributed by atoms with Crippen molar-refractivity contribution < 1.29 is 4.39 Å². The lowest BCUT2D eigenvalue weighted by atomic mass is 10.1. The molecule has 0 unspecified atom stereocenters. The van der Waals surface area contributed by atoms with Gasteiger partial charge in [-0.25, -0.2) is 14.4 Å². The summed E-state index contributed by atoms with van der Waals surface area (Å²) in [6.45, 7) is 8.15. The van der Waals surface area contributed by atoms with Crippen LogP contribution in [0.3, 0.4) is 0 Å². The molecule has 0 saturated carbocycles. The second-order valence-electron chi connectivity index (χ2n) is 5.20. The van der Waals surface area contributed by atoms with Gasteiger partial charge in [0.05, 0.1) is 0 Å². The smallest absolute Gasteiger partial charge is 0.159 e. The lowest BCUT2D eigenvalue weighted by Gasteiger charge is -2.11. The molecular formula is C17H22FN3. The van der Waals surface area contributed by atoms with E-state index < -0.39 is 0 Å². The monoisotopic (exact) mass is 287 g/mol. The summed E-state index contributed by atoms with van der Waals surface area (Å²) in [5, 5.41) is 3.39. The van der Waals surface area contributed by atoms with Crippen molar-refractivity contribution in [2.75, 3.05) is 13.1 Å². The maximum atomic E-state index is 13.0. The van der Waals surface area contributed by atoms with Crippen LogP contribution in [0.15, 0.2) is 24.3 Å². The number of aryl methyl sites for hydroxylation is 2. The van der Waals surface area contributed by atoms with Crippen molar-refractivity contribution in [2.45, 2.75) is 33.6 Å². The van der Waals surface area contributed by atoms with Gasteiger partial charge >= 0.3 is 0 Å². The Morgan fingerprint density at radius 1 is 1.00 bits per heavy atom. The minimum atomic E-state index is -0.245. The van der Waals surface area contributed by atoms with Gasteiger partial charge in [0.15, 0.2) is 5.82 Å². The lowest BCUT2D eigenvalue weighted by Crippen LogP contribution is -2.19. The van der Waals surface area contributed by atoms with Gasteiger partial charge in [0.25, 0.3) is 0 Å². The van der Waals surface area contributed by atoms with E-state index in [0.29, 0.717) is 5.82 Å². The highest BCUT2D eigenvalue weighted by Crippen LogP contribution is 2.19. The predicted molar refractivity (Wildman–Crippen MR) is 83.8 cm³/mol. The molecule has 0 bridgehead atoms. The van der Waals surface area contributed by atoms with Crippen LogP contribution in [0, 0.1) is 19.7 Å². The molecule has 0 radical (unpaired) electrons. The largest absolute Gasteiger partial charge is 0.316 e. The molecule has 1 heterocycles. The Morgan fingerprint density at radius 2 is 1.62 bits per heavy atom. The van der Waals surface area contributed by atoms with Gasteiger partial charge in [0.2, 0.25) is 0 Å². The van der Waals surface area contributed by atoms with E-state index in [1.165, 1.54) is 17.7 Å². The van der Waals surface area contributed by atoms with Gasteiger partial charge in [-0.1, -0.05) is 6.92 Å². The molecule has 0 spiro atoms. The Morgan fingerprint density at radius 3 is 2.19 bits per heavy atom. The molecule has 1 N–H and O–H groups in total. The third kappa shape index (κ3) is 4.08. The Hall–Kier alpha value is -1.81. The van der Waals surface area contributed by atoms with E-state index in [9.17, 15) is 4.39 Å². The first-order valence-electron chi connectivity index (χ1n) is 7.42. The lowest BCUT2D eigenvalue weighted by molar-refractivity contribution is 0.628. The van der Waals surface area contributed by atoms with Gasteiger partial charge < -0.3 is 5.32 Å². The fraction of sp³-hybridized carbons (Fsp3) is 0.412. The minimum Gasteiger partial charge on any atom is -0.316 e. The van der Waals surface area contributed by atoms with Crippen molar-refractivity contribution >= 4 is 0 Å². The van der Waals surface area contributed by atoms with Crippen molar-refractivity contribution in [2.24, 2.45) is 0 Å². The van der Waals surface area contributed by atoms with Gasteiger partial charge in [-0.3, -0.25) is 0 Å². The highest BCUT2D eigenvalue weighted by molar-refractivity contribution is 5.55. The van der Waals surface area contributed by atoms with Crippen LogP contribution in [0.2, 0.25) is 0 Å². The maximum Gasteiger partial charge on any atom is 0.159 e. The first-order valence-corrected chi connectivity index (χ1v) is 7.42. The number of aromatic nitrogens is 2. The van der Waals surface area contributed by atoms with Crippen LogP contribution in [-0.2, 0) is 6.42 Å². The van der Waals surface area contributed by atoms with Crippen LogP contribution < -0.4 is 5.32 Å². The quantitative estimate of drug-likeness (QED) is 0.827. The Kier molecular flexibility index (Phi) is 5.39. The number of benzene rings is 1. The number of rotatable bonds is 6. The zero-order valence-corrected chi connectivity index (χ0v) is 12.9. The van der Waals surface area contributed by atoms with Gasteiger partial charge in [-0.05, 0) is 69.6 Å². The number of halogens is 1. The molecule has 0 atom stereocenters. The first-order chi connectivity index (χ1) is 10.1. The molecule has 0 fully saturated rings. The van der Waals surface area contributed by atoms with E-state index in [1.807, 2.05) is 13.8 Å². The summed E-state index contributed by atoms with van der Waals surface area (Å²) in [6, 6.07) is 6.30. The number of nitrogens with zero attached hydrogens (tertiary/aromatic N) is 2. The third-order valence-corrected chi connectivity index (χ3v) is 3.50. The number of nitrogens with one attached hydrogen (secondary N) is 1. The summed E-state index contributed by atoms with van der Waals surface area (Å²) in [6.07, 6.45) is 2.07. The average molecular weight is 287 g/mol. The Balaban J connectivity index is 2.18. The minimum absolute atomic E-state index is 0.245. The number of hydrogen-bond donors (Lipinski definition) is 1. The van der Waals surface area contributed by atoms with E-state index in [2.05, 4.69) is 22.2 Å². The van der Waals surface area contributed by atoms with Crippen LogP contribution in [-0.4, -0.2) is 23.1 Å². The van der Waals surface area contributed by atoms with Gasteiger partial charge in [-0.15, -0.1) is 0 Å². The summed E-state index contributed by atoms with van der Waals surface area (Å²) in [5.41, 5.74) is 4.04. The summed E-state index contributed by atoms with van der Waals surface area (Å²) < 4.78 is 13.0. The van der Waals surface area contributed by atoms with Crippen molar-refractivity contribution in [3.63, 3.8) is 0 Å². The van der Waals surface area contributed by atoms with Crippen molar-refractivity contribution in [1.29, 1.82) is 0 Å². The summed E-state index contributed by atoms with van der Waals surface area (Å²) >= 11 is 0. The van der Waals surface area contributed by atoms with Crippen molar-refractivity contribution in [3.8, 4) is 11.4 Å². The normalized spacial score (nSPS) is 10.9. The molecule has 0 saturated heterocycles. The standard InChI is InChI=1S/C17H22FN3/c1-4-10-19-11-9-16-12(2)20-17(21-13(16)3)14-5-7-15(18)8-6-14/h5-8,19H,4,9-11H2,1-3H3. The van der Waals surface area contributed by atoms with Crippen molar-refractivity contribution in [1.82, 2.24) is 15.3 Å². The van der Waals surface area contributed by atoms with E-state index in [-0.39, 0.29) is 5.82 Å². The fourth-order valence-electron chi connectivity index (χ4n) is 2.34. The van der Waals surface area contributed by atoms with E-state index in [4.69, 9.17) is 0 Å². The van der Waals surface area contributed by atoms with Crippen LogP contribution >= 0.6 is 0 Å². The van der Waals surface area contributed by atoms with Crippen LogP contribution in [0.5, 0.6) is 0 Å². The van der Waals surface area contributed by atoms with Crippen molar-refractivity contribution in [3.05, 3.63) is 47.0 Å². The number of hydrogen-bond acceptors (Lipinski definition) is 3. The zero-order chi connectivity index (χ0) is 15.2. The molecule has 0 aliphatic rings. The molecular weight excluding hydrogens is 265 g/mol. The molecule has 0 aliphatic carbocycles. The summed E-state index contributed by atoms with van der Waals surface area (Å²) in [5.74, 6) is 0.418. The Bertz CT molecular complexity index is 570. The maximum absolute atomic E-state index is 13.0. The van der Waals surface area contributed by atoms with E-state index in [0.717, 1.165) is 42.9 Å². The molecule has 1 aromatic heterocycles. The van der Waals surface area contributed by atoms with Crippen LogP contribution in [0.25, 0.3) is 11.4 Å². The summed E-state index contributed by atoms with van der Waals surface area (Å²) in [7, 11) is 0. The summed E-state index contributed by atoms with van der Waals surface area (Å²) in [4.78, 5) is 9.14. The average Bonchev–Trinajstić information content (AvgIpc) is 2.46. The topological polar surface area (TPSA) is 37.8 Å². The molecule has 2 rings (SSSR count). The van der Waals surface area contributed by atoms with E-state index in [1.54, 1.807) is 12.1 Å². The van der Waals surface area contributed by atoms with Gasteiger partial charge in [0.1, 0.15) is 5.82 Å². The molecule has 21 heavy (non-hydrogen) atoms. The fourth-order valence-corrected chi connectivity index (χ4v) is 2.34. The molecule has 112 valence electrons. The zero-order valence-electron chi connectivity index (χ0n) is 12.9. The van der Waals surface area contributed by atoms with Gasteiger partial charge in [0, 0.05) is 17.0 Å². The molecule has 2 aromatic rings. The molecule has 0 amide bonds. The SMILES string of the molecule is CCCNCCc1c(C)nc(-c2ccc(F)cc2)nc1C. The third-order valence-electron chi connectivity index (χ3n) is 3.50. The highest BCUT2D eigenvalue weighted by Gasteiger charge is 2.09. The molecule has 0 aliphatic heterocycles. The van der Waals surface area contributed by atoms with Crippen LogP contribution in [0.1, 0.15) is 30.3 Å². The second kappa shape index (κ2) is 7.27. The van der Waals surface area contributed by atoms with E-state index >= 15 is 0 Å². The van der Waals surface area contributed by atoms with Gasteiger partial charge in [-0.2, -0.15) is 0 Å². The molecule has 1 aromatic carbocycles. The predicted octanol–water partition coefficient (Wildman–Crippen LogP) is 3.44. The second-order valence-corrected chi connectivity index (χ2v) is 5.20. The first kappa shape index (κ1) is 15.6. The Labute approximate surface area is 125 Å². The van der Waals surface area contributed by atoms with Crippen LogP contribution in [0.4, 0.5) is 4.39 Å². The molecule has 4 heteroatoms.